The molecule has 0 saturated heterocycles. The third kappa shape index (κ3) is 2.98. The van der Waals surface area contributed by atoms with E-state index in [-0.39, 0.29) is 33.6 Å². The molecule has 1 aromatic heterocycles. The van der Waals surface area contributed by atoms with E-state index in [1.165, 1.54) is 28.8 Å². The van der Waals surface area contributed by atoms with E-state index in [1.54, 1.807) is 19.1 Å². The topological polar surface area (TPSA) is 122 Å². The van der Waals surface area contributed by atoms with Crippen LogP contribution in [0.15, 0.2) is 61.4 Å². The molecule has 0 unspecified atom stereocenters. The Hall–Kier alpha value is -3.38. The Kier molecular flexibility index (Phi) is 4.36. The summed E-state index contributed by atoms with van der Waals surface area (Å²) >= 11 is 0. The summed E-state index contributed by atoms with van der Waals surface area (Å²) < 4.78 is 33.4. The Morgan fingerprint density at radius 3 is 2.62 bits per heavy atom. The molecule has 9 heteroatoms. The van der Waals surface area contributed by atoms with E-state index in [9.17, 15) is 18.0 Å². The van der Waals surface area contributed by atoms with E-state index in [1.807, 2.05) is 6.07 Å². The molecule has 0 spiro atoms. The number of nitrogens with zero attached hydrogens (tertiary/aromatic N) is 2. The smallest absolute Gasteiger partial charge is 0.372 e. The first-order chi connectivity index (χ1) is 12.4. The van der Waals surface area contributed by atoms with Gasteiger partial charge in [0.1, 0.15) is 6.07 Å². The molecule has 3 rings (SSSR count). The number of nitriles is 1. The molecule has 1 heterocycles. The lowest BCUT2D eigenvalue weighted by molar-refractivity contribution is 0.421. The number of nitrogens with one attached hydrogen (secondary N) is 1. The number of fused-ring (bicyclic) bond motifs is 1. The Morgan fingerprint density at radius 1 is 1.19 bits per heavy atom. The fraction of sp³-hybridized carbons (Fsp3) is 0.118. The number of benzene rings is 2. The van der Waals surface area contributed by atoms with Gasteiger partial charge in [0.25, 0.3) is 10.0 Å². The molecule has 1 N–H and O–H groups in total. The molecule has 8 nitrogen and oxygen atoms in total. The Labute approximate surface area is 148 Å². The van der Waals surface area contributed by atoms with E-state index in [4.69, 9.17) is 5.26 Å². The summed E-state index contributed by atoms with van der Waals surface area (Å²) in [5, 5.41) is 9.05. The van der Waals surface area contributed by atoms with Crippen molar-refractivity contribution in [2.24, 2.45) is 0 Å². The second kappa shape index (κ2) is 6.50. The SMILES string of the molecule is CCn1c(=O)oc(=O)c2cc(S(=O)(=O)Nc3ccccc3C#N)ccc21. The fourth-order valence-corrected chi connectivity index (χ4v) is 3.65. The van der Waals surface area contributed by atoms with Crippen LogP contribution in [0.5, 0.6) is 0 Å². The second-order valence-electron chi connectivity index (χ2n) is 5.34. The van der Waals surface area contributed by atoms with Crippen molar-refractivity contribution in [3.8, 4) is 6.07 Å². The second-order valence-corrected chi connectivity index (χ2v) is 7.02. The van der Waals surface area contributed by atoms with Crippen LogP contribution in [0.25, 0.3) is 10.9 Å². The average Bonchev–Trinajstić information content (AvgIpc) is 2.62. The van der Waals surface area contributed by atoms with Crippen LogP contribution in [0.1, 0.15) is 12.5 Å². The van der Waals surface area contributed by atoms with Crippen molar-refractivity contribution in [2.45, 2.75) is 18.4 Å². The Balaban J connectivity index is 2.15. The lowest BCUT2D eigenvalue weighted by atomic mass is 10.2. The van der Waals surface area contributed by atoms with Crippen LogP contribution in [0.3, 0.4) is 0 Å². The predicted molar refractivity (Wildman–Crippen MR) is 94.4 cm³/mol. The molecular weight excluding hydrogens is 358 g/mol. The number of aryl methyl sites for hydroxylation is 1. The molecule has 0 amide bonds. The molecule has 3 aromatic rings. The van der Waals surface area contributed by atoms with E-state index in [0.717, 1.165) is 6.07 Å². The maximum atomic E-state index is 12.6. The van der Waals surface area contributed by atoms with Gasteiger partial charge in [0, 0.05) is 6.54 Å². The van der Waals surface area contributed by atoms with Gasteiger partial charge >= 0.3 is 11.4 Å². The predicted octanol–water partition coefficient (Wildman–Crippen LogP) is 1.65. The van der Waals surface area contributed by atoms with Crippen LogP contribution in [-0.4, -0.2) is 13.0 Å². The molecule has 0 bridgehead atoms. The standard InChI is InChI=1S/C17H13N3O5S/c1-2-20-15-8-7-12(9-13(15)16(21)25-17(20)22)26(23,24)19-14-6-4-3-5-11(14)10-18/h3-9,19H,2H2,1H3. The molecule has 132 valence electrons. The van der Waals surface area contributed by atoms with Gasteiger partial charge < -0.3 is 4.42 Å². The molecule has 0 fully saturated rings. The van der Waals surface area contributed by atoms with Crippen molar-refractivity contribution in [2.75, 3.05) is 4.72 Å². The van der Waals surface area contributed by atoms with Crippen molar-refractivity contribution < 1.29 is 12.8 Å². The van der Waals surface area contributed by atoms with E-state index >= 15 is 0 Å². The molecule has 0 radical (unpaired) electrons. The van der Waals surface area contributed by atoms with Gasteiger partial charge in [0.05, 0.1) is 27.0 Å². The normalized spacial score (nSPS) is 11.2. The largest absolute Gasteiger partial charge is 0.422 e. The summed E-state index contributed by atoms with van der Waals surface area (Å²) in [5.74, 6) is -0.804. The van der Waals surface area contributed by atoms with Gasteiger partial charge in [0.2, 0.25) is 0 Å². The third-order valence-electron chi connectivity index (χ3n) is 3.80. The summed E-state index contributed by atoms with van der Waals surface area (Å²) in [7, 11) is -4.05. The number of anilines is 1. The first-order valence-electron chi connectivity index (χ1n) is 7.57. The first-order valence-corrected chi connectivity index (χ1v) is 9.05. The summed E-state index contributed by atoms with van der Waals surface area (Å²) in [4.78, 5) is 23.5. The van der Waals surface area contributed by atoms with Crippen molar-refractivity contribution >= 4 is 26.6 Å². The molecule has 0 aliphatic rings. The number of hydrogen-bond donors (Lipinski definition) is 1. The zero-order valence-corrected chi connectivity index (χ0v) is 14.4. The van der Waals surface area contributed by atoms with Crippen molar-refractivity contribution in [3.63, 3.8) is 0 Å². The summed E-state index contributed by atoms with van der Waals surface area (Å²) in [6, 6.07) is 11.8. The number of rotatable bonds is 4. The highest BCUT2D eigenvalue weighted by atomic mass is 32.2. The number of aromatic nitrogens is 1. The van der Waals surface area contributed by atoms with Crippen LogP contribution < -0.4 is 16.1 Å². The zero-order chi connectivity index (χ0) is 18.9. The van der Waals surface area contributed by atoms with Gasteiger partial charge in [-0.15, -0.1) is 0 Å². The third-order valence-corrected chi connectivity index (χ3v) is 5.16. The van der Waals surface area contributed by atoms with Crippen molar-refractivity contribution in [1.29, 1.82) is 5.26 Å². The van der Waals surface area contributed by atoms with Gasteiger partial charge in [-0.3, -0.25) is 9.29 Å². The molecule has 0 atom stereocenters. The minimum absolute atomic E-state index is 0.0251. The average molecular weight is 371 g/mol. The monoisotopic (exact) mass is 371 g/mol. The van der Waals surface area contributed by atoms with Crippen LogP contribution in [0.4, 0.5) is 5.69 Å². The Bertz CT molecular complexity index is 1270. The maximum absolute atomic E-state index is 12.6. The van der Waals surface area contributed by atoms with E-state index in [0.29, 0.717) is 0 Å². The minimum atomic E-state index is -4.05. The summed E-state index contributed by atoms with van der Waals surface area (Å²) in [6.45, 7) is 1.96. The highest BCUT2D eigenvalue weighted by Crippen LogP contribution is 2.21. The molecule has 0 aliphatic heterocycles. The zero-order valence-electron chi connectivity index (χ0n) is 13.6. The first kappa shape index (κ1) is 17.4. The van der Waals surface area contributed by atoms with Gasteiger partial charge in [-0.05, 0) is 37.3 Å². The molecule has 2 aromatic carbocycles. The minimum Gasteiger partial charge on any atom is -0.372 e. The lowest BCUT2D eigenvalue weighted by Gasteiger charge is -2.11. The molecule has 0 saturated carbocycles. The van der Waals surface area contributed by atoms with E-state index in [2.05, 4.69) is 9.14 Å². The molecule has 0 aliphatic carbocycles. The van der Waals surface area contributed by atoms with Crippen molar-refractivity contribution in [3.05, 3.63) is 69.0 Å². The Morgan fingerprint density at radius 2 is 1.92 bits per heavy atom. The van der Waals surface area contributed by atoms with Gasteiger partial charge in [-0.25, -0.2) is 18.0 Å². The van der Waals surface area contributed by atoms with Gasteiger partial charge in [0.15, 0.2) is 0 Å². The number of sulfonamides is 1. The quantitative estimate of drug-likeness (QED) is 0.744. The van der Waals surface area contributed by atoms with Crippen LogP contribution >= 0.6 is 0 Å². The van der Waals surface area contributed by atoms with Crippen LogP contribution in [0, 0.1) is 11.3 Å². The lowest BCUT2D eigenvalue weighted by Crippen LogP contribution is -2.24. The van der Waals surface area contributed by atoms with Gasteiger partial charge in [-0.2, -0.15) is 5.26 Å². The van der Waals surface area contributed by atoms with Crippen molar-refractivity contribution in [1.82, 2.24) is 4.57 Å². The fourth-order valence-electron chi connectivity index (χ4n) is 2.54. The van der Waals surface area contributed by atoms with Crippen LogP contribution in [-0.2, 0) is 16.6 Å². The number of hydrogen-bond acceptors (Lipinski definition) is 6. The molecule has 26 heavy (non-hydrogen) atoms. The van der Waals surface area contributed by atoms with E-state index < -0.39 is 21.4 Å². The molecular formula is C17H13N3O5S. The highest BCUT2D eigenvalue weighted by Gasteiger charge is 2.18. The summed E-state index contributed by atoms with van der Waals surface area (Å²) in [6.07, 6.45) is 0. The highest BCUT2D eigenvalue weighted by molar-refractivity contribution is 7.92. The van der Waals surface area contributed by atoms with Crippen LogP contribution in [0.2, 0.25) is 0 Å². The number of para-hydroxylation sites is 1. The maximum Gasteiger partial charge on any atom is 0.422 e. The van der Waals surface area contributed by atoms with Gasteiger partial charge in [-0.1, -0.05) is 12.1 Å². The summed E-state index contributed by atoms with van der Waals surface area (Å²) in [5.41, 5.74) is -0.342.